The molecule has 3 rings (SSSR count). The van der Waals surface area contributed by atoms with Crippen LogP contribution < -0.4 is 5.73 Å². The molecule has 1 amide bonds. The lowest BCUT2D eigenvalue weighted by atomic mass is 9.91. The van der Waals surface area contributed by atoms with E-state index in [0.29, 0.717) is 35.5 Å². The number of carbonyl (C=O) groups is 1. The van der Waals surface area contributed by atoms with Crippen molar-refractivity contribution in [1.29, 1.82) is 0 Å². The van der Waals surface area contributed by atoms with Gasteiger partial charge in [-0.3, -0.25) is 4.79 Å². The molecule has 2 saturated heterocycles. The highest BCUT2D eigenvalue weighted by atomic mass is 16.5. The van der Waals surface area contributed by atoms with Gasteiger partial charge in [-0.25, -0.2) is 0 Å². The fourth-order valence-electron chi connectivity index (χ4n) is 4.10. The van der Waals surface area contributed by atoms with Crippen LogP contribution in [0.2, 0.25) is 0 Å². The van der Waals surface area contributed by atoms with Crippen LogP contribution in [-0.4, -0.2) is 48.0 Å². The predicted molar refractivity (Wildman–Crippen MR) is 90.1 cm³/mol. The number of ether oxygens (including phenoxy) is 1. The van der Waals surface area contributed by atoms with Crippen molar-refractivity contribution >= 4 is 5.91 Å². The third kappa shape index (κ3) is 2.44. The SMILES string of the molecule is C=C1C(C(N)=O)=CCN2CC3CCCC(C)N3C(=C)C2=C1OC. The zero-order chi connectivity index (χ0) is 16.7. The monoisotopic (exact) mass is 315 g/mol. The number of nitrogens with zero attached hydrogens (tertiary/aromatic N) is 2. The van der Waals surface area contributed by atoms with E-state index in [-0.39, 0.29) is 0 Å². The maximum atomic E-state index is 11.7. The van der Waals surface area contributed by atoms with Crippen LogP contribution in [0.1, 0.15) is 26.2 Å². The van der Waals surface area contributed by atoms with E-state index in [0.717, 1.165) is 17.9 Å². The maximum Gasteiger partial charge on any atom is 0.249 e. The lowest BCUT2D eigenvalue weighted by Crippen LogP contribution is -2.55. The van der Waals surface area contributed by atoms with Gasteiger partial charge in [0.1, 0.15) is 5.70 Å². The van der Waals surface area contributed by atoms with E-state index in [1.54, 1.807) is 7.11 Å². The molecular formula is C18H25N3O2. The van der Waals surface area contributed by atoms with Crippen molar-refractivity contribution in [3.63, 3.8) is 0 Å². The second-order valence-corrected chi connectivity index (χ2v) is 6.54. The Kier molecular flexibility index (Phi) is 3.96. The Morgan fingerprint density at radius 1 is 1.39 bits per heavy atom. The minimum absolute atomic E-state index is 0.433. The molecule has 5 heteroatoms. The first-order valence-electron chi connectivity index (χ1n) is 8.16. The van der Waals surface area contributed by atoms with E-state index >= 15 is 0 Å². The number of methoxy groups -OCH3 is 1. The van der Waals surface area contributed by atoms with Crippen molar-refractivity contribution in [2.75, 3.05) is 20.2 Å². The van der Waals surface area contributed by atoms with Gasteiger partial charge in [-0.05, 0) is 26.2 Å². The van der Waals surface area contributed by atoms with Crippen molar-refractivity contribution < 1.29 is 9.53 Å². The molecule has 124 valence electrons. The number of piperidine rings is 1. The maximum absolute atomic E-state index is 11.7. The lowest BCUT2D eigenvalue weighted by molar-refractivity contribution is -0.114. The zero-order valence-corrected chi connectivity index (χ0v) is 14.0. The summed E-state index contributed by atoms with van der Waals surface area (Å²) in [6, 6.07) is 0.930. The lowest BCUT2D eigenvalue weighted by Gasteiger charge is -2.51. The van der Waals surface area contributed by atoms with E-state index < -0.39 is 5.91 Å². The van der Waals surface area contributed by atoms with Crippen LogP contribution in [0.4, 0.5) is 0 Å². The third-order valence-corrected chi connectivity index (χ3v) is 5.16. The molecule has 3 aliphatic rings. The molecule has 2 unspecified atom stereocenters. The number of amides is 1. The summed E-state index contributed by atoms with van der Waals surface area (Å²) >= 11 is 0. The summed E-state index contributed by atoms with van der Waals surface area (Å²) < 4.78 is 5.62. The number of piperazine rings is 1. The van der Waals surface area contributed by atoms with E-state index in [2.05, 4.69) is 29.9 Å². The first-order valence-corrected chi connectivity index (χ1v) is 8.16. The molecule has 3 aliphatic heterocycles. The van der Waals surface area contributed by atoms with Crippen LogP contribution in [0.15, 0.2) is 47.5 Å². The molecule has 2 fully saturated rings. The van der Waals surface area contributed by atoms with Gasteiger partial charge in [-0.1, -0.05) is 19.2 Å². The number of fused-ring (bicyclic) bond motifs is 2. The Hall–Kier alpha value is -2.17. The fourth-order valence-corrected chi connectivity index (χ4v) is 4.10. The van der Waals surface area contributed by atoms with Crippen molar-refractivity contribution in [1.82, 2.24) is 9.80 Å². The highest BCUT2D eigenvalue weighted by molar-refractivity contribution is 5.97. The molecule has 0 spiro atoms. The molecule has 5 nitrogen and oxygen atoms in total. The van der Waals surface area contributed by atoms with E-state index in [9.17, 15) is 4.79 Å². The van der Waals surface area contributed by atoms with E-state index in [4.69, 9.17) is 10.5 Å². The van der Waals surface area contributed by atoms with Gasteiger partial charge >= 0.3 is 0 Å². The molecule has 0 bridgehead atoms. The minimum atomic E-state index is -0.471. The number of rotatable bonds is 2. The van der Waals surface area contributed by atoms with Gasteiger partial charge in [0.15, 0.2) is 5.76 Å². The Balaban J connectivity index is 2.08. The van der Waals surface area contributed by atoms with Crippen LogP contribution in [-0.2, 0) is 9.53 Å². The molecule has 0 aromatic rings. The largest absolute Gasteiger partial charge is 0.494 e. The first-order chi connectivity index (χ1) is 11.0. The first kappa shape index (κ1) is 15.7. The molecule has 0 aromatic carbocycles. The molecule has 23 heavy (non-hydrogen) atoms. The van der Waals surface area contributed by atoms with Gasteiger partial charge in [-0.2, -0.15) is 0 Å². The van der Waals surface area contributed by atoms with Crippen LogP contribution in [0.25, 0.3) is 0 Å². The Morgan fingerprint density at radius 2 is 2.13 bits per heavy atom. The van der Waals surface area contributed by atoms with Crippen molar-refractivity contribution in [2.45, 2.75) is 38.3 Å². The molecule has 0 aromatic heterocycles. The molecule has 3 heterocycles. The summed E-state index contributed by atoms with van der Waals surface area (Å²) in [6.45, 7) is 12.2. The Bertz CT molecular complexity index is 632. The number of hydrogen-bond donors (Lipinski definition) is 1. The number of nitrogens with two attached hydrogens (primary N) is 1. The van der Waals surface area contributed by atoms with E-state index in [1.165, 1.54) is 19.3 Å². The summed E-state index contributed by atoms with van der Waals surface area (Å²) in [5.41, 5.74) is 8.39. The average Bonchev–Trinajstić information content (AvgIpc) is 2.63. The highest BCUT2D eigenvalue weighted by Gasteiger charge is 2.40. The second-order valence-electron chi connectivity index (χ2n) is 6.54. The fraction of sp³-hybridized carbons (Fsp3) is 0.500. The summed E-state index contributed by atoms with van der Waals surface area (Å²) in [7, 11) is 1.61. The summed E-state index contributed by atoms with van der Waals surface area (Å²) in [5, 5.41) is 0. The zero-order valence-electron chi connectivity index (χ0n) is 14.0. The van der Waals surface area contributed by atoms with Crippen molar-refractivity contribution in [3.05, 3.63) is 47.5 Å². The number of allylic oxidation sites excluding steroid dienone is 1. The van der Waals surface area contributed by atoms with Gasteiger partial charge in [0.2, 0.25) is 5.91 Å². The highest BCUT2D eigenvalue weighted by Crippen LogP contribution is 2.40. The average molecular weight is 315 g/mol. The quantitative estimate of drug-likeness (QED) is 0.845. The molecular weight excluding hydrogens is 290 g/mol. The van der Waals surface area contributed by atoms with Crippen LogP contribution in [0, 0.1) is 0 Å². The van der Waals surface area contributed by atoms with Gasteiger partial charge < -0.3 is 20.3 Å². The van der Waals surface area contributed by atoms with Gasteiger partial charge in [-0.15, -0.1) is 0 Å². The Labute approximate surface area is 137 Å². The van der Waals surface area contributed by atoms with Crippen LogP contribution in [0.3, 0.4) is 0 Å². The van der Waals surface area contributed by atoms with Crippen LogP contribution >= 0.6 is 0 Å². The predicted octanol–water partition coefficient (Wildman–Crippen LogP) is 1.90. The normalized spacial score (nSPS) is 28.0. The van der Waals surface area contributed by atoms with Crippen molar-refractivity contribution in [3.8, 4) is 0 Å². The molecule has 0 saturated carbocycles. The van der Waals surface area contributed by atoms with Gasteiger partial charge in [0.05, 0.1) is 12.8 Å². The standard InChI is InChI=1S/C18H25N3O2/c1-11-6-5-7-14-10-20-9-8-15(18(19)22)12(2)17(23-4)16(20)13(3)21(11)14/h8,11,14H,2-3,5-7,9-10H2,1,4H3,(H2,19,22). The van der Waals surface area contributed by atoms with E-state index in [1.807, 2.05) is 6.08 Å². The topological polar surface area (TPSA) is 58.8 Å². The number of primary amides is 1. The second kappa shape index (κ2) is 5.80. The van der Waals surface area contributed by atoms with Crippen LogP contribution in [0.5, 0.6) is 0 Å². The summed E-state index contributed by atoms with van der Waals surface area (Å²) in [4.78, 5) is 16.4. The summed E-state index contributed by atoms with van der Waals surface area (Å²) in [6.07, 6.45) is 5.44. The third-order valence-electron chi connectivity index (χ3n) is 5.16. The molecule has 2 atom stereocenters. The van der Waals surface area contributed by atoms with Gasteiger partial charge in [0.25, 0.3) is 0 Å². The number of hydrogen-bond acceptors (Lipinski definition) is 4. The molecule has 2 N–H and O–H groups in total. The minimum Gasteiger partial charge on any atom is -0.494 e. The van der Waals surface area contributed by atoms with Gasteiger partial charge in [0, 0.05) is 36.3 Å². The summed E-state index contributed by atoms with van der Waals surface area (Å²) in [5.74, 6) is 0.135. The number of carbonyl (C=O) groups excluding carboxylic acids is 1. The van der Waals surface area contributed by atoms with Crippen molar-refractivity contribution in [2.24, 2.45) is 5.73 Å². The molecule has 0 radical (unpaired) electrons. The smallest absolute Gasteiger partial charge is 0.249 e. The Morgan fingerprint density at radius 3 is 2.78 bits per heavy atom. The molecule has 0 aliphatic carbocycles.